The molecule has 0 spiro atoms. The highest BCUT2D eigenvalue weighted by molar-refractivity contribution is 4.94. The van der Waals surface area contributed by atoms with Crippen molar-refractivity contribution in [2.24, 2.45) is 11.8 Å². The Kier molecular flexibility index (Phi) is 5.08. The Morgan fingerprint density at radius 3 is 2.50 bits per heavy atom. The van der Waals surface area contributed by atoms with Gasteiger partial charge in [-0.2, -0.15) is 0 Å². The lowest BCUT2D eigenvalue weighted by Gasteiger charge is -2.43. The van der Waals surface area contributed by atoms with E-state index in [0.717, 1.165) is 23.9 Å². The Morgan fingerprint density at radius 1 is 1.22 bits per heavy atom. The van der Waals surface area contributed by atoms with Gasteiger partial charge in [-0.1, -0.05) is 19.8 Å². The molecule has 0 amide bonds. The molecule has 0 aromatic rings. The summed E-state index contributed by atoms with van der Waals surface area (Å²) in [7, 11) is 4.51. The molecule has 2 aliphatic rings. The number of hydrogen-bond donors (Lipinski definition) is 1. The van der Waals surface area contributed by atoms with Crippen molar-refractivity contribution in [3.63, 3.8) is 0 Å². The molecule has 2 fully saturated rings. The van der Waals surface area contributed by atoms with Crippen LogP contribution in [0.4, 0.5) is 0 Å². The number of nitrogens with zero attached hydrogens (tertiary/aromatic N) is 1. The van der Waals surface area contributed by atoms with E-state index in [4.69, 9.17) is 0 Å². The molecule has 0 bridgehead atoms. The monoisotopic (exact) mass is 252 g/mol. The first kappa shape index (κ1) is 14.3. The second-order valence-electron chi connectivity index (χ2n) is 6.67. The van der Waals surface area contributed by atoms with E-state index >= 15 is 0 Å². The fourth-order valence-electron chi connectivity index (χ4n) is 3.90. The van der Waals surface area contributed by atoms with Crippen molar-refractivity contribution in [1.82, 2.24) is 10.2 Å². The molecule has 2 nitrogen and oxygen atoms in total. The van der Waals surface area contributed by atoms with Gasteiger partial charge in [0.2, 0.25) is 0 Å². The minimum Gasteiger partial charge on any atom is -0.315 e. The van der Waals surface area contributed by atoms with Gasteiger partial charge in [0.1, 0.15) is 0 Å². The minimum atomic E-state index is 0.712. The maximum absolute atomic E-state index is 3.57. The Labute approximate surface area is 114 Å². The molecule has 4 unspecified atom stereocenters. The van der Waals surface area contributed by atoms with E-state index in [9.17, 15) is 0 Å². The van der Waals surface area contributed by atoms with E-state index in [-0.39, 0.29) is 0 Å². The van der Waals surface area contributed by atoms with Crippen LogP contribution in [0.2, 0.25) is 0 Å². The molecule has 1 N–H and O–H groups in total. The molecule has 0 heterocycles. The van der Waals surface area contributed by atoms with E-state index in [1.165, 1.54) is 44.9 Å². The molecular formula is C16H32N2. The average molecular weight is 252 g/mol. The normalized spacial score (nSPS) is 34.8. The topological polar surface area (TPSA) is 15.3 Å². The number of likely N-dealkylation sites (N-methyl/N-ethyl adjacent to an activating group) is 2. The Morgan fingerprint density at radius 2 is 1.94 bits per heavy atom. The predicted molar refractivity (Wildman–Crippen MR) is 78.8 cm³/mol. The summed E-state index contributed by atoms with van der Waals surface area (Å²) in [6, 6.07) is 2.26. The Hall–Kier alpha value is -0.0800. The van der Waals surface area contributed by atoms with Crippen molar-refractivity contribution < 1.29 is 0 Å². The highest BCUT2D eigenvalue weighted by atomic mass is 15.2. The predicted octanol–water partition coefficient (Wildman–Crippen LogP) is 3.27. The summed E-state index contributed by atoms with van der Waals surface area (Å²) in [4.78, 5) is 2.70. The van der Waals surface area contributed by atoms with Crippen LogP contribution in [0.5, 0.6) is 0 Å². The Balaban J connectivity index is 1.95. The van der Waals surface area contributed by atoms with Gasteiger partial charge in [-0.3, -0.25) is 4.90 Å². The molecule has 0 radical (unpaired) electrons. The van der Waals surface area contributed by atoms with Gasteiger partial charge >= 0.3 is 0 Å². The smallest absolute Gasteiger partial charge is 0.0251 e. The first-order valence-electron chi connectivity index (χ1n) is 8.06. The molecule has 2 aliphatic carbocycles. The summed E-state index contributed by atoms with van der Waals surface area (Å²) in [5.41, 5.74) is 0. The summed E-state index contributed by atoms with van der Waals surface area (Å²) in [5.74, 6) is 1.96. The highest BCUT2D eigenvalue weighted by Gasteiger charge is 2.38. The second kappa shape index (κ2) is 6.38. The molecule has 0 aromatic carbocycles. The summed E-state index contributed by atoms with van der Waals surface area (Å²) in [5, 5.41) is 3.57. The third-order valence-corrected chi connectivity index (χ3v) is 5.46. The van der Waals surface area contributed by atoms with Gasteiger partial charge < -0.3 is 5.32 Å². The van der Waals surface area contributed by atoms with Crippen LogP contribution in [0.25, 0.3) is 0 Å². The van der Waals surface area contributed by atoms with Gasteiger partial charge in [0.25, 0.3) is 0 Å². The minimum absolute atomic E-state index is 0.712. The maximum atomic E-state index is 3.57. The van der Waals surface area contributed by atoms with Crippen molar-refractivity contribution in [2.45, 2.75) is 76.9 Å². The third kappa shape index (κ3) is 3.27. The van der Waals surface area contributed by atoms with Crippen LogP contribution in [-0.4, -0.2) is 37.1 Å². The van der Waals surface area contributed by atoms with E-state index in [0.29, 0.717) is 6.04 Å². The van der Waals surface area contributed by atoms with Gasteiger partial charge in [0.05, 0.1) is 0 Å². The van der Waals surface area contributed by atoms with E-state index < -0.39 is 0 Å². The number of rotatable bonds is 6. The van der Waals surface area contributed by atoms with E-state index in [1.807, 2.05) is 0 Å². The van der Waals surface area contributed by atoms with Gasteiger partial charge in [0, 0.05) is 18.1 Å². The quantitative estimate of drug-likeness (QED) is 0.780. The molecule has 18 heavy (non-hydrogen) atoms. The van der Waals surface area contributed by atoms with Crippen LogP contribution in [0.15, 0.2) is 0 Å². The van der Waals surface area contributed by atoms with Crippen LogP contribution >= 0.6 is 0 Å². The van der Waals surface area contributed by atoms with Crippen LogP contribution < -0.4 is 5.32 Å². The molecule has 0 aromatic heterocycles. The van der Waals surface area contributed by atoms with Crippen molar-refractivity contribution >= 4 is 0 Å². The zero-order chi connectivity index (χ0) is 13.1. The van der Waals surface area contributed by atoms with Crippen molar-refractivity contribution in [3.8, 4) is 0 Å². The summed E-state index contributed by atoms with van der Waals surface area (Å²) < 4.78 is 0. The molecule has 0 aliphatic heterocycles. The zero-order valence-corrected chi connectivity index (χ0v) is 12.8. The fourth-order valence-corrected chi connectivity index (χ4v) is 3.90. The van der Waals surface area contributed by atoms with Crippen LogP contribution in [0, 0.1) is 11.8 Å². The van der Waals surface area contributed by atoms with Crippen LogP contribution in [-0.2, 0) is 0 Å². The third-order valence-electron chi connectivity index (χ3n) is 5.46. The Bertz CT molecular complexity index is 249. The maximum Gasteiger partial charge on any atom is 0.0251 e. The zero-order valence-electron chi connectivity index (χ0n) is 12.8. The second-order valence-corrected chi connectivity index (χ2v) is 6.67. The molecule has 0 saturated heterocycles. The van der Waals surface area contributed by atoms with Crippen molar-refractivity contribution in [1.29, 1.82) is 0 Å². The van der Waals surface area contributed by atoms with Crippen LogP contribution in [0.1, 0.15) is 58.8 Å². The number of nitrogens with one attached hydrogen (secondary N) is 1. The lowest BCUT2D eigenvalue weighted by Crippen LogP contribution is -2.54. The molecule has 106 valence electrons. The SMILES string of the molecule is CCCC1CCC(NC)C(N(C)C(C)C2CC2)C1. The van der Waals surface area contributed by atoms with E-state index in [1.54, 1.807) is 0 Å². The summed E-state index contributed by atoms with van der Waals surface area (Å²) in [6.07, 6.45) is 9.91. The lowest BCUT2D eigenvalue weighted by molar-refractivity contribution is 0.0817. The molecule has 4 atom stereocenters. The fraction of sp³-hybridized carbons (Fsp3) is 1.00. The van der Waals surface area contributed by atoms with Gasteiger partial charge in [-0.05, 0) is 65.0 Å². The summed E-state index contributed by atoms with van der Waals surface area (Å²) >= 11 is 0. The first-order valence-corrected chi connectivity index (χ1v) is 8.06. The first-order chi connectivity index (χ1) is 8.67. The van der Waals surface area contributed by atoms with Crippen LogP contribution in [0.3, 0.4) is 0 Å². The molecule has 2 saturated carbocycles. The largest absolute Gasteiger partial charge is 0.315 e. The van der Waals surface area contributed by atoms with Gasteiger partial charge in [0.15, 0.2) is 0 Å². The van der Waals surface area contributed by atoms with E-state index in [2.05, 4.69) is 38.2 Å². The number of hydrogen-bond acceptors (Lipinski definition) is 2. The standard InChI is InChI=1S/C16H32N2/c1-5-6-13-7-10-15(17-3)16(11-13)18(4)12(2)14-8-9-14/h12-17H,5-11H2,1-4H3. The molecule has 2 rings (SSSR count). The lowest BCUT2D eigenvalue weighted by atomic mass is 9.79. The molecular weight excluding hydrogens is 220 g/mol. The molecule has 2 heteroatoms. The van der Waals surface area contributed by atoms with Gasteiger partial charge in [-0.25, -0.2) is 0 Å². The van der Waals surface area contributed by atoms with Crippen molar-refractivity contribution in [3.05, 3.63) is 0 Å². The summed E-state index contributed by atoms with van der Waals surface area (Å²) in [6.45, 7) is 4.77. The van der Waals surface area contributed by atoms with Gasteiger partial charge in [-0.15, -0.1) is 0 Å². The average Bonchev–Trinajstić information content (AvgIpc) is 3.21. The highest BCUT2D eigenvalue weighted by Crippen LogP contribution is 2.38. The van der Waals surface area contributed by atoms with Crippen molar-refractivity contribution in [2.75, 3.05) is 14.1 Å².